The summed E-state index contributed by atoms with van der Waals surface area (Å²) in [5.41, 5.74) is -1.37. The van der Waals surface area contributed by atoms with E-state index in [0.717, 1.165) is 4.31 Å². The second kappa shape index (κ2) is 6.85. The maximum Gasteiger partial charge on any atom is 0.329 e. The van der Waals surface area contributed by atoms with Crippen LogP contribution in [0.1, 0.15) is 33.6 Å². The van der Waals surface area contributed by atoms with Gasteiger partial charge >= 0.3 is 5.97 Å². The third-order valence-electron chi connectivity index (χ3n) is 2.84. The lowest BCUT2D eigenvalue weighted by atomic mass is 9.96. The quantitative estimate of drug-likeness (QED) is 0.657. The SMILES string of the molecule is CCCC(C)(NC(=O)CN(C)S(=O)(=O)CC)C(=O)O. The molecule has 0 bridgehead atoms. The second-order valence-electron chi connectivity index (χ2n) is 4.59. The van der Waals surface area contributed by atoms with Crippen molar-refractivity contribution in [3.63, 3.8) is 0 Å². The highest BCUT2D eigenvalue weighted by Gasteiger charge is 2.34. The van der Waals surface area contributed by atoms with Gasteiger partial charge in [0.15, 0.2) is 0 Å². The first-order chi connectivity index (χ1) is 8.59. The topological polar surface area (TPSA) is 104 Å². The number of carboxylic acid groups (broad SMARTS) is 1. The van der Waals surface area contributed by atoms with Crippen LogP contribution in [0.15, 0.2) is 0 Å². The lowest BCUT2D eigenvalue weighted by Gasteiger charge is -2.26. The first kappa shape index (κ1) is 17.8. The molecule has 0 fully saturated rings. The van der Waals surface area contributed by atoms with Crippen LogP contribution >= 0.6 is 0 Å². The molecule has 0 saturated heterocycles. The van der Waals surface area contributed by atoms with Gasteiger partial charge in [-0.2, -0.15) is 4.31 Å². The number of hydrogen-bond donors (Lipinski definition) is 2. The molecule has 0 aliphatic carbocycles. The number of rotatable bonds is 8. The standard InChI is InChI=1S/C11H22N2O5S/c1-5-7-11(3,10(15)16)12-9(14)8-13(4)19(17,18)6-2/h5-8H2,1-4H3,(H,12,14)(H,15,16). The van der Waals surface area contributed by atoms with Gasteiger partial charge in [-0.25, -0.2) is 13.2 Å². The van der Waals surface area contributed by atoms with E-state index in [-0.39, 0.29) is 18.7 Å². The van der Waals surface area contributed by atoms with E-state index < -0.39 is 27.4 Å². The molecule has 1 atom stereocenters. The number of carbonyl (C=O) groups is 2. The zero-order valence-electron chi connectivity index (χ0n) is 11.8. The molecule has 0 spiro atoms. The Balaban J connectivity index is 4.74. The van der Waals surface area contributed by atoms with Gasteiger partial charge in [-0.15, -0.1) is 0 Å². The summed E-state index contributed by atoms with van der Waals surface area (Å²) in [6, 6.07) is 0. The predicted octanol–water partition coefficient (Wildman–Crippen LogP) is 0.0275. The predicted molar refractivity (Wildman–Crippen MR) is 71.2 cm³/mol. The van der Waals surface area contributed by atoms with Crippen LogP contribution < -0.4 is 5.32 Å². The fourth-order valence-corrected chi connectivity index (χ4v) is 2.35. The molecule has 19 heavy (non-hydrogen) atoms. The molecule has 0 aromatic heterocycles. The van der Waals surface area contributed by atoms with Crippen LogP contribution in [0.3, 0.4) is 0 Å². The number of carbonyl (C=O) groups excluding carboxylic acids is 1. The summed E-state index contributed by atoms with van der Waals surface area (Å²) in [6.07, 6.45) is 0.866. The third-order valence-corrected chi connectivity index (χ3v) is 4.65. The molecule has 0 aliphatic heterocycles. The van der Waals surface area contributed by atoms with Gasteiger partial charge in [-0.1, -0.05) is 13.3 Å². The van der Waals surface area contributed by atoms with Crippen molar-refractivity contribution < 1.29 is 23.1 Å². The Morgan fingerprint density at radius 1 is 1.32 bits per heavy atom. The van der Waals surface area contributed by atoms with Gasteiger partial charge in [0.25, 0.3) is 0 Å². The van der Waals surface area contributed by atoms with Gasteiger partial charge in [0, 0.05) is 7.05 Å². The van der Waals surface area contributed by atoms with Crippen molar-refractivity contribution in [2.45, 2.75) is 39.2 Å². The molecule has 1 unspecified atom stereocenters. The Labute approximate surface area is 114 Å². The van der Waals surface area contributed by atoms with Crippen LogP contribution in [0.2, 0.25) is 0 Å². The van der Waals surface area contributed by atoms with Crippen LogP contribution in [0.25, 0.3) is 0 Å². The smallest absolute Gasteiger partial charge is 0.329 e. The molecule has 0 saturated carbocycles. The van der Waals surface area contributed by atoms with Crippen LogP contribution in [0, 0.1) is 0 Å². The van der Waals surface area contributed by atoms with Crippen LogP contribution in [-0.2, 0) is 19.6 Å². The van der Waals surface area contributed by atoms with Crippen molar-refractivity contribution in [3.8, 4) is 0 Å². The van der Waals surface area contributed by atoms with E-state index in [4.69, 9.17) is 5.11 Å². The normalized spacial score (nSPS) is 15.0. The van der Waals surface area contributed by atoms with Crippen LogP contribution in [0.5, 0.6) is 0 Å². The summed E-state index contributed by atoms with van der Waals surface area (Å²) in [5.74, 6) is -1.87. The molecule has 2 N–H and O–H groups in total. The molecule has 1 amide bonds. The summed E-state index contributed by atoms with van der Waals surface area (Å²) in [5, 5.41) is 11.5. The lowest BCUT2D eigenvalue weighted by molar-refractivity contribution is -0.147. The van der Waals surface area contributed by atoms with E-state index in [1.54, 1.807) is 6.92 Å². The summed E-state index contributed by atoms with van der Waals surface area (Å²) >= 11 is 0. The van der Waals surface area contributed by atoms with Gasteiger partial charge < -0.3 is 10.4 Å². The second-order valence-corrected chi connectivity index (χ2v) is 6.96. The van der Waals surface area contributed by atoms with E-state index in [9.17, 15) is 18.0 Å². The first-order valence-corrected chi connectivity index (χ1v) is 7.68. The van der Waals surface area contributed by atoms with Crippen LogP contribution in [-0.4, -0.2) is 54.6 Å². The lowest BCUT2D eigenvalue weighted by Crippen LogP contribution is -2.54. The van der Waals surface area contributed by atoms with Crippen molar-refractivity contribution in [2.75, 3.05) is 19.3 Å². The largest absolute Gasteiger partial charge is 0.480 e. The van der Waals surface area contributed by atoms with E-state index in [0.29, 0.717) is 6.42 Å². The number of aliphatic carboxylic acids is 1. The van der Waals surface area contributed by atoms with E-state index >= 15 is 0 Å². The maximum absolute atomic E-state index is 11.7. The van der Waals surface area contributed by atoms with Crippen molar-refractivity contribution in [3.05, 3.63) is 0 Å². The van der Waals surface area contributed by atoms with Crippen LogP contribution in [0.4, 0.5) is 0 Å². The zero-order chi connectivity index (χ0) is 15.3. The number of carboxylic acids is 1. The number of amides is 1. The Hall–Kier alpha value is -1.15. The minimum Gasteiger partial charge on any atom is -0.480 e. The molecule has 8 heteroatoms. The molecule has 0 aliphatic rings. The summed E-state index contributed by atoms with van der Waals surface area (Å²) in [4.78, 5) is 22.9. The molecule has 112 valence electrons. The molecule has 0 aromatic rings. The van der Waals surface area contributed by atoms with Crippen molar-refractivity contribution in [1.29, 1.82) is 0 Å². The number of likely N-dealkylation sites (N-methyl/N-ethyl adjacent to an activating group) is 1. The molecule has 7 nitrogen and oxygen atoms in total. The average molecular weight is 294 g/mol. The highest BCUT2D eigenvalue weighted by Crippen LogP contribution is 2.12. The molecular weight excluding hydrogens is 272 g/mol. The zero-order valence-corrected chi connectivity index (χ0v) is 12.6. The Bertz CT molecular complexity index is 434. The van der Waals surface area contributed by atoms with Gasteiger partial charge in [0.05, 0.1) is 12.3 Å². The van der Waals surface area contributed by atoms with Crippen molar-refractivity contribution in [1.82, 2.24) is 9.62 Å². The Morgan fingerprint density at radius 2 is 1.84 bits per heavy atom. The monoisotopic (exact) mass is 294 g/mol. The van der Waals surface area contributed by atoms with Crippen molar-refractivity contribution >= 4 is 21.9 Å². The highest BCUT2D eigenvalue weighted by molar-refractivity contribution is 7.89. The summed E-state index contributed by atoms with van der Waals surface area (Å²) < 4.78 is 23.9. The number of hydrogen-bond acceptors (Lipinski definition) is 4. The maximum atomic E-state index is 11.7. The third kappa shape index (κ3) is 5.15. The van der Waals surface area contributed by atoms with Gasteiger partial charge in [0.1, 0.15) is 5.54 Å². The fraction of sp³-hybridized carbons (Fsp3) is 0.818. The highest BCUT2D eigenvalue weighted by atomic mass is 32.2. The molecule has 0 aromatic carbocycles. The Morgan fingerprint density at radius 3 is 2.21 bits per heavy atom. The fourth-order valence-electron chi connectivity index (χ4n) is 1.59. The first-order valence-electron chi connectivity index (χ1n) is 6.07. The van der Waals surface area contributed by atoms with Gasteiger partial charge in [0.2, 0.25) is 15.9 Å². The summed E-state index contributed by atoms with van der Waals surface area (Å²) in [7, 11) is -2.17. The number of nitrogens with one attached hydrogen (secondary N) is 1. The summed E-state index contributed by atoms with van der Waals surface area (Å²) in [6.45, 7) is 4.30. The Kier molecular flexibility index (Phi) is 6.44. The average Bonchev–Trinajstić information content (AvgIpc) is 2.28. The minimum atomic E-state index is -3.46. The molecule has 0 heterocycles. The molecule has 0 radical (unpaired) electrons. The van der Waals surface area contributed by atoms with Crippen molar-refractivity contribution in [2.24, 2.45) is 0 Å². The minimum absolute atomic E-state index is 0.109. The number of sulfonamides is 1. The van der Waals surface area contributed by atoms with E-state index in [2.05, 4.69) is 5.32 Å². The molecular formula is C11H22N2O5S. The van der Waals surface area contributed by atoms with Gasteiger partial charge in [-0.3, -0.25) is 4.79 Å². The van der Waals surface area contributed by atoms with E-state index in [1.165, 1.54) is 20.9 Å². The van der Waals surface area contributed by atoms with E-state index in [1.807, 2.05) is 0 Å². The molecule has 0 rings (SSSR count). The van der Waals surface area contributed by atoms with Gasteiger partial charge in [-0.05, 0) is 20.3 Å². The number of nitrogens with zero attached hydrogens (tertiary/aromatic N) is 1.